The summed E-state index contributed by atoms with van der Waals surface area (Å²) in [5, 5.41) is 12.6. The zero-order valence-corrected chi connectivity index (χ0v) is 20.6. The Bertz CT molecular complexity index is 1130. The maximum atomic E-state index is 12.6. The fourth-order valence-corrected chi connectivity index (χ4v) is 4.69. The number of pyridine rings is 1. The molecular weight excluding hydrogens is 462 g/mol. The zero-order chi connectivity index (χ0) is 24.9. The first-order valence-corrected chi connectivity index (χ1v) is 13.0. The number of hydrogen-bond acceptors (Lipinski definition) is 8. The highest BCUT2D eigenvalue weighted by Gasteiger charge is 2.30. The van der Waals surface area contributed by atoms with Crippen LogP contribution >= 0.6 is 0 Å². The monoisotopic (exact) mass is 493 g/mol. The molecule has 1 saturated carbocycles. The molecule has 186 valence electrons. The normalized spacial score (nSPS) is 18.8. The van der Waals surface area contributed by atoms with E-state index in [0.717, 1.165) is 31.2 Å². The van der Waals surface area contributed by atoms with Crippen LogP contribution in [0.25, 0.3) is 0 Å². The van der Waals surface area contributed by atoms with Crippen LogP contribution in [0.15, 0.2) is 23.2 Å². The SMILES string of the molecule is CC[C@H](C)NC(=O)O[C@@H]1CC[C@H](c2cc(NC(=O)Cc3cc(OC)ncc3S(C)(=O)=O)n[nH]2)C1. The third kappa shape index (κ3) is 6.69. The molecule has 2 heterocycles. The molecule has 0 saturated heterocycles. The quantitative estimate of drug-likeness (QED) is 0.482. The van der Waals surface area contributed by atoms with Crippen LogP contribution in [0.3, 0.4) is 0 Å². The Kier molecular flexibility index (Phi) is 8.13. The number of nitrogens with zero attached hydrogens (tertiary/aromatic N) is 2. The van der Waals surface area contributed by atoms with Gasteiger partial charge in [-0.05, 0) is 38.2 Å². The highest BCUT2D eigenvalue weighted by molar-refractivity contribution is 7.90. The van der Waals surface area contributed by atoms with Crippen LogP contribution in [0.5, 0.6) is 5.88 Å². The number of nitrogens with one attached hydrogen (secondary N) is 3. The van der Waals surface area contributed by atoms with Gasteiger partial charge in [-0.1, -0.05) is 6.92 Å². The number of aromatic nitrogens is 3. The van der Waals surface area contributed by atoms with Crippen LogP contribution in [-0.4, -0.2) is 61.1 Å². The molecule has 11 nitrogen and oxygen atoms in total. The van der Waals surface area contributed by atoms with Gasteiger partial charge >= 0.3 is 6.09 Å². The Labute approximate surface area is 198 Å². The predicted octanol–water partition coefficient (Wildman–Crippen LogP) is 2.56. The third-order valence-electron chi connectivity index (χ3n) is 5.82. The lowest BCUT2D eigenvalue weighted by atomic mass is 10.0. The molecule has 3 atom stereocenters. The van der Waals surface area contributed by atoms with Gasteiger partial charge in [-0.2, -0.15) is 5.10 Å². The molecule has 1 aliphatic rings. The minimum atomic E-state index is -3.57. The average Bonchev–Trinajstić information content (AvgIpc) is 3.42. The van der Waals surface area contributed by atoms with Gasteiger partial charge in [0.25, 0.3) is 0 Å². The van der Waals surface area contributed by atoms with Crippen molar-refractivity contribution in [2.45, 2.75) is 68.9 Å². The summed E-state index contributed by atoms with van der Waals surface area (Å²) >= 11 is 0. The van der Waals surface area contributed by atoms with E-state index in [-0.39, 0.29) is 40.8 Å². The van der Waals surface area contributed by atoms with Gasteiger partial charge in [0.1, 0.15) is 6.10 Å². The molecule has 0 bridgehead atoms. The van der Waals surface area contributed by atoms with Crippen LogP contribution in [0.4, 0.5) is 10.6 Å². The lowest BCUT2D eigenvalue weighted by Gasteiger charge is -2.16. The lowest BCUT2D eigenvalue weighted by molar-refractivity contribution is -0.115. The molecule has 0 aliphatic heterocycles. The van der Waals surface area contributed by atoms with Crippen LogP contribution in [-0.2, 0) is 25.8 Å². The van der Waals surface area contributed by atoms with Crippen molar-refractivity contribution in [2.24, 2.45) is 0 Å². The summed E-state index contributed by atoms with van der Waals surface area (Å²) in [4.78, 5) is 28.4. The van der Waals surface area contributed by atoms with Gasteiger partial charge in [0.2, 0.25) is 11.8 Å². The number of alkyl carbamates (subject to hydrolysis) is 1. The first kappa shape index (κ1) is 25.5. The van der Waals surface area contributed by atoms with Crippen molar-refractivity contribution in [3.8, 4) is 5.88 Å². The van der Waals surface area contributed by atoms with Gasteiger partial charge in [-0.3, -0.25) is 9.89 Å². The second-order valence-corrected chi connectivity index (χ2v) is 10.5. The van der Waals surface area contributed by atoms with Crippen molar-refractivity contribution in [1.29, 1.82) is 0 Å². The van der Waals surface area contributed by atoms with E-state index in [1.807, 2.05) is 13.8 Å². The smallest absolute Gasteiger partial charge is 0.407 e. The third-order valence-corrected chi connectivity index (χ3v) is 6.99. The molecule has 2 amide bonds. The highest BCUT2D eigenvalue weighted by atomic mass is 32.2. The maximum absolute atomic E-state index is 12.6. The van der Waals surface area contributed by atoms with E-state index in [0.29, 0.717) is 12.2 Å². The second kappa shape index (κ2) is 10.9. The molecule has 1 aliphatic carbocycles. The Morgan fingerprint density at radius 3 is 2.74 bits per heavy atom. The van der Waals surface area contributed by atoms with Gasteiger partial charge in [-0.25, -0.2) is 18.2 Å². The van der Waals surface area contributed by atoms with Gasteiger partial charge in [0.15, 0.2) is 15.7 Å². The van der Waals surface area contributed by atoms with Crippen LogP contribution in [0.2, 0.25) is 0 Å². The number of sulfone groups is 1. The molecule has 2 aromatic heterocycles. The Hall–Kier alpha value is -3.15. The van der Waals surface area contributed by atoms with Crippen molar-refractivity contribution < 1.29 is 27.5 Å². The number of amides is 2. The first-order valence-electron chi connectivity index (χ1n) is 11.1. The van der Waals surface area contributed by atoms with Crippen LogP contribution < -0.4 is 15.4 Å². The molecule has 3 rings (SSSR count). The van der Waals surface area contributed by atoms with Gasteiger partial charge in [0, 0.05) is 42.2 Å². The summed E-state index contributed by atoms with van der Waals surface area (Å²) in [6.45, 7) is 3.91. The lowest BCUT2D eigenvalue weighted by Crippen LogP contribution is -2.34. The molecular formula is C22H31N5O6S. The van der Waals surface area contributed by atoms with Crippen molar-refractivity contribution >= 4 is 27.7 Å². The zero-order valence-electron chi connectivity index (χ0n) is 19.8. The van der Waals surface area contributed by atoms with E-state index >= 15 is 0 Å². The summed E-state index contributed by atoms with van der Waals surface area (Å²) < 4.78 is 34.6. The Balaban J connectivity index is 1.58. The first-order chi connectivity index (χ1) is 16.1. The standard InChI is InChI=1S/C22H31N5O6S/c1-5-13(2)24-22(29)33-16-7-6-14(8-16)17-11-19(27-26-17)25-20(28)9-15-10-21(32-3)23-12-18(15)34(4,30)31/h10-14,16H,5-9H2,1-4H3,(H,24,29)(H2,25,26,27,28)/t13-,14-,16+/m0/s1. The number of aromatic amines is 1. The summed E-state index contributed by atoms with van der Waals surface area (Å²) in [6.07, 6.45) is 4.55. The molecule has 0 unspecified atom stereocenters. The van der Waals surface area contributed by atoms with Gasteiger partial charge in [-0.15, -0.1) is 0 Å². The number of hydrogen-bond donors (Lipinski definition) is 3. The minimum absolute atomic E-state index is 0.0273. The molecule has 12 heteroatoms. The summed E-state index contributed by atoms with van der Waals surface area (Å²) in [7, 11) is -2.16. The predicted molar refractivity (Wildman–Crippen MR) is 125 cm³/mol. The summed E-state index contributed by atoms with van der Waals surface area (Å²) in [5.41, 5.74) is 1.13. The van der Waals surface area contributed by atoms with Crippen molar-refractivity contribution in [3.63, 3.8) is 0 Å². The topological polar surface area (TPSA) is 152 Å². The molecule has 2 aromatic rings. The molecule has 0 aromatic carbocycles. The number of carbonyl (C=O) groups is 2. The van der Waals surface area contributed by atoms with E-state index < -0.39 is 21.8 Å². The van der Waals surface area contributed by atoms with Crippen molar-refractivity contribution in [2.75, 3.05) is 18.7 Å². The minimum Gasteiger partial charge on any atom is -0.481 e. The second-order valence-electron chi connectivity index (χ2n) is 8.53. The summed E-state index contributed by atoms with van der Waals surface area (Å²) in [5.74, 6) is 0.250. The molecule has 0 radical (unpaired) electrons. The fraction of sp³-hybridized carbons (Fsp3) is 0.545. The molecule has 34 heavy (non-hydrogen) atoms. The molecule has 3 N–H and O–H groups in total. The van der Waals surface area contributed by atoms with Crippen LogP contribution in [0.1, 0.15) is 56.7 Å². The maximum Gasteiger partial charge on any atom is 0.407 e. The largest absolute Gasteiger partial charge is 0.481 e. The number of ether oxygens (including phenoxy) is 2. The number of rotatable bonds is 9. The highest BCUT2D eigenvalue weighted by Crippen LogP contribution is 2.35. The number of carbonyl (C=O) groups excluding carboxylic acids is 2. The number of methoxy groups -OCH3 is 1. The van der Waals surface area contributed by atoms with E-state index in [9.17, 15) is 18.0 Å². The average molecular weight is 494 g/mol. The Morgan fingerprint density at radius 1 is 1.29 bits per heavy atom. The van der Waals surface area contributed by atoms with Crippen LogP contribution in [0, 0.1) is 0 Å². The Morgan fingerprint density at radius 2 is 2.06 bits per heavy atom. The molecule has 1 fully saturated rings. The van der Waals surface area contributed by atoms with E-state index in [1.165, 1.54) is 19.4 Å². The van der Waals surface area contributed by atoms with E-state index in [4.69, 9.17) is 9.47 Å². The molecule has 0 spiro atoms. The van der Waals surface area contributed by atoms with E-state index in [2.05, 4.69) is 25.8 Å². The number of H-pyrrole nitrogens is 1. The van der Waals surface area contributed by atoms with Gasteiger partial charge < -0.3 is 20.1 Å². The van der Waals surface area contributed by atoms with E-state index in [1.54, 1.807) is 6.07 Å². The fourth-order valence-electron chi connectivity index (χ4n) is 3.83. The van der Waals surface area contributed by atoms with Crippen molar-refractivity contribution in [1.82, 2.24) is 20.5 Å². The van der Waals surface area contributed by atoms with Gasteiger partial charge in [0.05, 0.1) is 18.4 Å². The number of anilines is 1. The van der Waals surface area contributed by atoms with Crippen molar-refractivity contribution in [3.05, 3.63) is 29.6 Å². The summed E-state index contributed by atoms with van der Waals surface area (Å²) in [6, 6.07) is 3.24.